The molecule has 2 heterocycles. The number of aromatic carboxylic acids is 1. The van der Waals surface area contributed by atoms with Crippen LogP contribution >= 0.6 is 0 Å². The van der Waals surface area contributed by atoms with Gasteiger partial charge in [-0.05, 0) is 12.1 Å². The number of H-pyrrole nitrogens is 1. The van der Waals surface area contributed by atoms with Crippen molar-refractivity contribution in [1.29, 1.82) is 0 Å². The summed E-state index contributed by atoms with van der Waals surface area (Å²) in [4.78, 5) is 14.5. The molecule has 0 fully saturated rings. The molecule has 5 heteroatoms. The molecule has 0 spiro atoms. The smallest absolute Gasteiger partial charge is 0.337 e. The van der Waals surface area contributed by atoms with Gasteiger partial charge in [0.2, 0.25) is 0 Å². The molecule has 0 unspecified atom stereocenters. The van der Waals surface area contributed by atoms with Crippen molar-refractivity contribution in [3.05, 3.63) is 29.6 Å². The molecule has 96 valence electrons. The van der Waals surface area contributed by atoms with Gasteiger partial charge in [0.1, 0.15) is 0 Å². The first-order valence-corrected chi connectivity index (χ1v) is 5.76. The highest BCUT2D eigenvalue weighted by Gasteiger charge is 2.23. The van der Waals surface area contributed by atoms with Crippen molar-refractivity contribution >= 4 is 5.97 Å². The van der Waals surface area contributed by atoms with Gasteiger partial charge in [-0.3, -0.25) is 4.68 Å². The molecule has 0 saturated carbocycles. The molecular formula is C13H17N3O2. The fraction of sp³-hybridized carbons (Fsp3) is 0.385. The van der Waals surface area contributed by atoms with Crippen LogP contribution in [0.2, 0.25) is 0 Å². The number of carboxylic acid groups (broad SMARTS) is 1. The van der Waals surface area contributed by atoms with Crippen LogP contribution in [0.15, 0.2) is 18.3 Å². The minimum Gasteiger partial charge on any atom is -0.478 e. The summed E-state index contributed by atoms with van der Waals surface area (Å²) < 4.78 is 1.66. The average molecular weight is 247 g/mol. The molecular weight excluding hydrogens is 230 g/mol. The number of aromatic nitrogens is 3. The number of hydrogen-bond donors (Lipinski definition) is 2. The molecule has 0 aliphatic carbocycles. The lowest BCUT2D eigenvalue weighted by atomic mass is 9.92. The summed E-state index contributed by atoms with van der Waals surface area (Å²) in [5, 5.41) is 13.4. The second-order valence-electron chi connectivity index (χ2n) is 5.37. The fourth-order valence-corrected chi connectivity index (χ4v) is 1.85. The third-order valence-electron chi connectivity index (χ3n) is 2.93. The van der Waals surface area contributed by atoms with E-state index in [2.05, 4.69) is 10.1 Å². The SMILES string of the molecule is Cn1nccc1-c1[nH]c(C(C)(C)C)cc1C(=O)O. The van der Waals surface area contributed by atoms with Crippen LogP contribution in [0.3, 0.4) is 0 Å². The number of carboxylic acids is 1. The molecule has 0 amide bonds. The summed E-state index contributed by atoms with van der Waals surface area (Å²) in [6.07, 6.45) is 1.65. The molecule has 0 aromatic carbocycles. The van der Waals surface area contributed by atoms with E-state index in [1.807, 2.05) is 20.8 Å². The molecule has 0 aliphatic rings. The Balaban J connectivity index is 2.63. The van der Waals surface area contributed by atoms with Gasteiger partial charge >= 0.3 is 5.97 Å². The Morgan fingerprint density at radius 2 is 2.11 bits per heavy atom. The van der Waals surface area contributed by atoms with E-state index in [0.29, 0.717) is 5.69 Å². The number of nitrogens with zero attached hydrogens (tertiary/aromatic N) is 2. The standard InChI is InChI=1S/C13H17N3O2/c1-13(2,3)10-7-8(12(17)18)11(15-10)9-5-6-14-16(9)4/h5-7,15H,1-4H3,(H,17,18). The highest BCUT2D eigenvalue weighted by molar-refractivity contribution is 5.95. The normalized spacial score (nSPS) is 11.8. The molecule has 5 nitrogen and oxygen atoms in total. The molecule has 0 atom stereocenters. The molecule has 2 aromatic rings. The monoisotopic (exact) mass is 247 g/mol. The van der Waals surface area contributed by atoms with Crippen molar-refractivity contribution in [3.8, 4) is 11.4 Å². The minimum atomic E-state index is -0.932. The lowest BCUT2D eigenvalue weighted by Gasteiger charge is -2.15. The first-order valence-electron chi connectivity index (χ1n) is 5.76. The average Bonchev–Trinajstić information content (AvgIpc) is 2.81. The third-order valence-corrected chi connectivity index (χ3v) is 2.93. The summed E-state index contributed by atoms with van der Waals surface area (Å²) in [5.74, 6) is -0.932. The van der Waals surface area contributed by atoms with Crippen LogP contribution in [0.4, 0.5) is 0 Å². The maximum Gasteiger partial charge on any atom is 0.337 e. The quantitative estimate of drug-likeness (QED) is 0.856. The first-order chi connectivity index (χ1) is 8.30. The molecule has 2 aromatic heterocycles. The number of aromatic amines is 1. The van der Waals surface area contributed by atoms with Gasteiger partial charge in [0.15, 0.2) is 0 Å². The molecule has 0 aliphatic heterocycles. The number of rotatable bonds is 2. The van der Waals surface area contributed by atoms with E-state index in [1.165, 1.54) is 0 Å². The van der Waals surface area contributed by atoms with Crippen molar-refractivity contribution in [1.82, 2.24) is 14.8 Å². The van der Waals surface area contributed by atoms with Crippen molar-refractivity contribution in [2.24, 2.45) is 7.05 Å². The van der Waals surface area contributed by atoms with Crippen LogP contribution in [-0.4, -0.2) is 25.8 Å². The highest BCUT2D eigenvalue weighted by Crippen LogP contribution is 2.29. The highest BCUT2D eigenvalue weighted by atomic mass is 16.4. The Morgan fingerprint density at radius 1 is 1.44 bits per heavy atom. The predicted octanol–water partition coefficient (Wildman–Crippen LogP) is 2.41. The number of aryl methyl sites for hydroxylation is 1. The summed E-state index contributed by atoms with van der Waals surface area (Å²) in [5.41, 5.74) is 2.43. The van der Waals surface area contributed by atoms with Crippen LogP contribution in [0, 0.1) is 0 Å². The third kappa shape index (κ3) is 2.03. The molecule has 0 bridgehead atoms. The number of hydrogen-bond acceptors (Lipinski definition) is 2. The molecule has 2 rings (SSSR count). The number of carbonyl (C=O) groups is 1. The zero-order valence-electron chi connectivity index (χ0n) is 11.0. The topological polar surface area (TPSA) is 70.9 Å². The summed E-state index contributed by atoms with van der Waals surface area (Å²) in [7, 11) is 1.79. The second-order valence-corrected chi connectivity index (χ2v) is 5.37. The van der Waals surface area contributed by atoms with Crippen LogP contribution in [0.25, 0.3) is 11.4 Å². The van der Waals surface area contributed by atoms with Crippen molar-refractivity contribution in [2.75, 3.05) is 0 Å². The minimum absolute atomic E-state index is 0.124. The summed E-state index contributed by atoms with van der Waals surface area (Å²) in [6, 6.07) is 3.50. The van der Waals surface area contributed by atoms with Crippen LogP contribution < -0.4 is 0 Å². The Morgan fingerprint density at radius 3 is 2.56 bits per heavy atom. The van der Waals surface area contributed by atoms with Crippen molar-refractivity contribution < 1.29 is 9.90 Å². The maximum absolute atomic E-state index is 11.3. The largest absolute Gasteiger partial charge is 0.478 e. The molecule has 0 saturated heterocycles. The Kier molecular flexibility index (Phi) is 2.77. The van der Waals surface area contributed by atoms with E-state index in [1.54, 1.807) is 30.1 Å². The van der Waals surface area contributed by atoms with Gasteiger partial charge in [0.25, 0.3) is 0 Å². The van der Waals surface area contributed by atoms with Crippen LogP contribution in [0.1, 0.15) is 36.8 Å². The van der Waals surface area contributed by atoms with Crippen molar-refractivity contribution in [3.63, 3.8) is 0 Å². The van der Waals surface area contributed by atoms with Gasteiger partial charge in [-0.25, -0.2) is 4.79 Å². The lowest BCUT2D eigenvalue weighted by molar-refractivity contribution is 0.0698. The van der Waals surface area contributed by atoms with E-state index in [9.17, 15) is 9.90 Å². The molecule has 0 radical (unpaired) electrons. The fourth-order valence-electron chi connectivity index (χ4n) is 1.85. The van der Waals surface area contributed by atoms with Gasteiger partial charge in [-0.15, -0.1) is 0 Å². The van der Waals surface area contributed by atoms with Gasteiger partial charge in [0, 0.05) is 24.4 Å². The Labute approximate surface area is 105 Å². The first kappa shape index (κ1) is 12.4. The summed E-state index contributed by atoms with van der Waals surface area (Å²) in [6.45, 7) is 6.12. The Hall–Kier alpha value is -2.04. The van der Waals surface area contributed by atoms with Crippen molar-refractivity contribution in [2.45, 2.75) is 26.2 Å². The van der Waals surface area contributed by atoms with E-state index < -0.39 is 5.97 Å². The van der Waals surface area contributed by atoms with E-state index in [4.69, 9.17) is 0 Å². The van der Waals surface area contributed by atoms with E-state index in [0.717, 1.165) is 11.4 Å². The summed E-state index contributed by atoms with van der Waals surface area (Å²) >= 11 is 0. The maximum atomic E-state index is 11.3. The van der Waals surface area contributed by atoms with Crippen LogP contribution in [0.5, 0.6) is 0 Å². The van der Waals surface area contributed by atoms with E-state index in [-0.39, 0.29) is 11.0 Å². The van der Waals surface area contributed by atoms with Gasteiger partial charge < -0.3 is 10.1 Å². The van der Waals surface area contributed by atoms with E-state index >= 15 is 0 Å². The Bertz CT molecular complexity index is 588. The second kappa shape index (κ2) is 4.01. The van der Waals surface area contributed by atoms with Gasteiger partial charge in [0.05, 0.1) is 17.0 Å². The zero-order chi connectivity index (χ0) is 13.5. The predicted molar refractivity (Wildman–Crippen MR) is 68.7 cm³/mol. The lowest BCUT2D eigenvalue weighted by Crippen LogP contribution is -2.11. The number of nitrogens with one attached hydrogen (secondary N) is 1. The van der Waals surface area contributed by atoms with Crippen LogP contribution in [-0.2, 0) is 12.5 Å². The zero-order valence-corrected chi connectivity index (χ0v) is 11.0. The van der Waals surface area contributed by atoms with Gasteiger partial charge in [-0.1, -0.05) is 20.8 Å². The molecule has 2 N–H and O–H groups in total. The van der Waals surface area contributed by atoms with Gasteiger partial charge in [-0.2, -0.15) is 5.10 Å². The molecule has 18 heavy (non-hydrogen) atoms.